The molecule has 0 unspecified atom stereocenters. The van der Waals surface area contributed by atoms with Gasteiger partial charge in [-0.2, -0.15) is 0 Å². The van der Waals surface area contributed by atoms with Gasteiger partial charge in [-0.15, -0.1) is 0 Å². The monoisotopic (exact) mass is 464 g/mol. The summed E-state index contributed by atoms with van der Waals surface area (Å²) in [6.45, 7) is 5.83. The van der Waals surface area contributed by atoms with Gasteiger partial charge in [0.25, 0.3) is 0 Å². The summed E-state index contributed by atoms with van der Waals surface area (Å²) in [5, 5.41) is 40.8. The Morgan fingerprint density at radius 2 is 1.94 bits per heavy atom. The van der Waals surface area contributed by atoms with Gasteiger partial charge in [0.2, 0.25) is 0 Å². The number of aliphatic carboxylic acids is 1. The van der Waals surface area contributed by atoms with E-state index < -0.39 is 36.8 Å². The minimum Gasteiger partial charge on any atom is -0.550 e. The Morgan fingerprint density at radius 3 is 2.53 bits per heavy atom. The fourth-order valence-electron chi connectivity index (χ4n) is 4.51. The van der Waals surface area contributed by atoms with Crippen LogP contribution >= 0.6 is 0 Å². The van der Waals surface area contributed by atoms with Gasteiger partial charge in [0.05, 0.1) is 24.2 Å². The molecule has 2 aliphatic carbocycles. The van der Waals surface area contributed by atoms with Crippen molar-refractivity contribution in [3.05, 3.63) is 23.8 Å². The molecule has 2 aliphatic rings. The number of ether oxygens (including phenoxy) is 1. The summed E-state index contributed by atoms with van der Waals surface area (Å²) >= 11 is 0. The number of hydrogen-bond donors (Lipinski definition) is 3. The predicted molar refractivity (Wildman–Crippen MR) is 112 cm³/mol. The van der Waals surface area contributed by atoms with E-state index in [2.05, 4.69) is 13.0 Å². The molecule has 8 atom stereocenters. The Hall–Kier alpha value is -0.740. The van der Waals surface area contributed by atoms with E-state index in [4.69, 9.17) is 4.74 Å². The average molecular weight is 465 g/mol. The largest absolute Gasteiger partial charge is 1.00 e. The summed E-state index contributed by atoms with van der Waals surface area (Å²) in [4.78, 5) is 23.0. The smallest absolute Gasteiger partial charge is 0.550 e. The third-order valence-corrected chi connectivity index (χ3v) is 6.43. The number of esters is 1. The second-order valence-electron chi connectivity index (χ2n) is 8.86. The molecule has 9 heteroatoms. The van der Waals surface area contributed by atoms with Gasteiger partial charge in [0.1, 0.15) is 6.10 Å². The van der Waals surface area contributed by atoms with Gasteiger partial charge in [-0.25, -0.2) is 0 Å². The Morgan fingerprint density at radius 1 is 1.28 bits per heavy atom. The molecule has 2 rings (SSSR count). The first kappa shape index (κ1) is 31.3. The molecule has 0 fully saturated rings. The first-order chi connectivity index (χ1) is 14.1. The molecule has 0 aromatic heterocycles. The van der Waals surface area contributed by atoms with Crippen LogP contribution in [-0.2, 0) is 14.3 Å². The van der Waals surface area contributed by atoms with E-state index in [0.29, 0.717) is 25.7 Å². The van der Waals surface area contributed by atoms with Crippen LogP contribution in [0.2, 0.25) is 0 Å². The van der Waals surface area contributed by atoms with Crippen molar-refractivity contribution in [3.63, 3.8) is 0 Å². The number of allylic oxidation sites excluding steroid dienone is 2. The van der Waals surface area contributed by atoms with Crippen LogP contribution in [0.1, 0.15) is 59.3 Å². The van der Waals surface area contributed by atoms with Crippen LogP contribution in [0.25, 0.3) is 0 Å². The summed E-state index contributed by atoms with van der Waals surface area (Å²) in [6.07, 6.45) is 4.31. The standard InChI is InChI=1S/C23H36O7.Na.H2O/c1-4-13(2)23(29)30-20-11-17(25)9-15-6-5-14(3)19(22(15)20)8-7-16(24)10-18(26)12-21(27)28;;/h5-6,9,13-14,16-20,22,24-26H,4,7-8,10-12H2,1-3H3,(H,27,28);;1H2/q;+1;/p-1/t13-,14-,16+,17+,18+,19-,20-,22-;;/m0../s1. The van der Waals surface area contributed by atoms with Crippen molar-refractivity contribution in [1.29, 1.82) is 0 Å². The van der Waals surface area contributed by atoms with Crippen molar-refractivity contribution >= 4 is 11.9 Å². The molecular weight excluding hydrogens is 427 g/mol. The minimum atomic E-state index is -1.35. The number of carboxylic acids is 1. The van der Waals surface area contributed by atoms with Gasteiger partial charge in [0.15, 0.2) is 0 Å². The number of carbonyl (C=O) groups excluding carboxylic acids is 2. The molecule has 0 aromatic carbocycles. The second kappa shape index (κ2) is 14.5. The molecule has 0 spiro atoms. The molecule has 0 saturated heterocycles. The molecule has 0 saturated carbocycles. The van der Waals surface area contributed by atoms with Crippen molar-refractivity contribution in [3.8, 4) is 0 Å². The molecule has 0 aliphatic heterocycles. The maximum Gasteiger partial charge on any atom is 1.00 e. The third kappa shape index (κ3) is 8.89. The maximum absolute atomic E-state index is 12.4. The van der Waals surface area contributed by atoms with E-state index in [1.807, 2.05) is 26.0 Å². The zero-order valence-electron chi connectivity index (χ0n) is 19.6. The number of fused-ring (bicyclic) bond motifs is 1. The molecule has 178 valence electrons. The van der Waals surface area contributed by atoms with Crippen molar-refractivity contribution < 1.29 is 69.8 Å². The van der Waals surface area contributed by atoms with Crippen LogP contribution in [0.5, 0.6) is 0 Å². The van der Waals surface area contributed by atoms with Crippen molar-refractivity contribution in [2.75, 3.05) is 0 Å². The second-order valence-corrected chi connectivity index (χ2v) is 8.86. The van der Waals surface area contributed by atoms with Crippen LogP contribution in [0.3, 0.4) is 0 Å². The normalized spacial score (nSPS) is 29.3. The van der Waals surface area contributed by atoms with Crippen molar-refractivity contribution in [2.24, 2.45) is 23.7 Å². The average Bonchev–Trinajstić information content (AvgIpc) is 2.65. The first-order valence-electron chi connectivity index (χ1n) is 11.0. The van der Waals surface area contributed by atoms with Crippen LogP contribution < -0.4 is 34.7 Å². The molecular formula is C23H37NaO8. The Balaban J connectivity index is 0.00000480. The zero-order chi connectivity index (χ0) is 22.4. The van der Waals surface area contributed by atoms with E-state index in [0.717, 1.165) is 5.57 Å². The maximum atomic E-state index is 12.4. The zero-order valence-corrected chi connectivity index (χ0v) is 21.6. The van der Waals surface area contributed by atoms with E-state index in [-0.39, 0.29) is 71.1 Å². The van der Waals surface area contributed by atoms with E-state index >= 15 is 0 Å². The van der Waals surface area contributed by atoms with Gasteiger partial charge < -0.3 is 35.4 Å². The Bertz CT molecular complexity index is 664. The fraction of sp³-hybridized carbons (Fsp3) is 0.739. The summed E-state index contributed by atoms with van der Waals surface area (Å²) in [5.74, 6) is -1.60. The van der Waals surface area contributed by atoms with Gasteiger partial charge in [0, 0.05) is 24.7 Å². The number of aliphatic hydroxyl groups excluding tert-OH is 3. The van der Waals surface area contributed by atoms with Crippen molar-refractivity contribution in [1.82, 2.24) is 0 Å². The van der Waals surface area contributed by atoms with Crippen LogP contribution in [0, 0.1) is 23.7 Å². The number of carboxylic acid groups (broad SMARTS) is 1. The topological polar surface area (TPSA) is 159 Å². The molecule has 5 N–H and O–H groups in total. The Labute approximate surface area is 212 Å². The van der Waals surface area contributed by atoms with Gasteiger partial charge in [-0.3, -0.25) is 4.79 Å². The van der Waals surface area contributed by atoms with Gasteiger partial charge >= 0.3 is 35.5 Å². The quantitative estimate of drug-likeness (QED) is 0.234. The van der Waals surface area contributed by atoms with E-state index in [9.17, 15) is 30.0 Å². The summed E-state index contributed by atoms with van der Waals surface area (Å²) in [7, 11) is 0. The molecule has 0 radical (unpaired) electrons. The number of aliphatic hydroxyl groups is 3. The molecule has 0 aromatic rings. The van der Waals surface area contributed by atoms with Crippen LogP contribution in [-0.4, -0.2) is 57.2 Å². The molecule has 32 heavy (non-hydrogen) atoms. The van der Waals surface area contributed by atoms with Crippen LogP contribution in [0.15, 0.2) is 23.8 Å². The predicted octanol–water partition coefficient (Wildman–Crippen LogP) is -2.71. The Kier molecular flexibility index (Phi) is 14.2. The van der Waals surface area contributed by atoms with Crippen molar-refractivity contribution in [2.45, 2.75) is 83.7 Å². The van der Waals surface area contributed by atoms with Gasteiger partial charge in [-0.05, 0) is 43.1 Å². The number of carbonyl (C=O) groups is 2. The SMILES string of the molecule is CC[C@H](C)C(=O)O[C@H]1C[C@H](O)C=C2C=C[C@H](C)[C@H](CC[C@@H](O)C[C@@H](O)CC(=O)[O-])[C@H]21.O.[Na+]. The van der Waals surface area contributed by atoms with E-state index in [1.165, 1.54) is 0 Å². The fourth-order valence-corrected chi connectivity index (χ4v) is 4.51. The molecule has 0 bridgehead atoms. The molecule has 0 amide bonds. The molecule has 0 heterocycles. The number of hydrogen-bond acceptors (Lipinski definition) is 7. The molecule has 8 nitrogen and oxygen atoms in total. The van der Waals surface area contributed by atoms with Gasteiger partial charge in [-0.1, -0.05) is 39.0 Å². The summed E-state index contributed by atoms with van der Waals surface area (Å²) in [5.41, 5.74) is 0.949. The third-order valence-electron chi connectivity index (χ3n) is 6.43. The summed E-state index contributed by atoms with van der Waals surface area (Å²) in [6, 6.07) is 0. The number of rotatable bonds is 10. The van der Waals surface area contributed by atoms with E-state index in [1.54, 1.807) is 0 Å². The minimum absolute atomic E-state index is 0. The van der Waals surface area contributed by atoms with Crippen LogP contribution in [0.4, 0.5) is 0 Å². The first-order valence-corrected chi connectivity index (χ1v) is 11.0. The summed E-state index contributed by atoms with van der Waals surface area (Å²) < 4.78 is 5.83.